The minimum Gasteiger partial charge on any atom is -0.494 e. The third kappa shape index (κ3) is 6.42. The second-order valence-electron chi connectivity index (χ2n) is 7.18. The summed E-state index contributed by atoms with van der Waals surface area (Å²) in [6.07, 6.45) is 2.96. The molecule has 0 bridgehead atoms. The van der Waals surface area contributed by atoms with Crippen LogP contribution < -0.4 is 10.1 Å². The summed E-state index contributed by atoms with van der Waals surface area (Å²) in [7, 11) is 4.06. The predicted octanol–water partition coefficient (Wildman–Crippen LogP) is 4.38. The maximum atomic E-state index is 13.8. The Morgan fingerprint density at radius 2 is 1.93 bits per heavy atom. The molecule has 1 heterocycles. The lowest BCUT2D eigenvalue weighted by Gasteiger charge is -2.11. The van der Waals surface area contributed by atoms with Gasteiger partial charge in [-0.15, -0.1) is 0 Å². The first-order chi connectivity index (χ1) is 14.5. The van der Waals surface area contributed by atoms with Crippen molar-refractivity contribution < 1.29 is 18.3 Å². The van der Waals surface area contributed by atoms with E-state index in [4.69, 9.17) is 9.15 Å². The lowest BCUT2D eigenvalue weighted by Crippen LogP contribution is -2.15. The number of carbonyl (C=O) groups is 1. The fourth-order valence-corrected chi connectivity index (χ4v) is 2.86. The van der Waals surface area contributed by atoms with Crippen molar-refractivity contribution >= 4 is 11.6 Å². The molecule has 1 amide bonds. The Bertz CT molecular complexity index is 954. The molecule has 0 saturated carbocycles. The first-order valence-corrected chi connectivity index (χ1v) is 9.88. The summed E-state index contributed by atoms with van der Waals surface area (Å²) in [6, 6.07) is 13.6. The van der Waals surface area contributed by atoms with E-state index < -0.39 is 0 Å². The standard InChI is InChI=1S/C23H26FN3O3/c1-27(2)14-5-15-29-18-10-8-17(9-11-18)26-22(28)12-13-23-25-16-21(30-23)19-6-3-4-7-20(19)24/h3-4,6-11,16H,5,12-15H2,1-2H3,(H,26,28). The van der Waals surface area contributed by atoms with Gasteiger partial charge in [-0.3, -0.25) is 4.79 Å². The molecular formula is C23H26FN3O3. The van der Waals surface area contributed by atoms with Crippen LogP contribution in [0.4, 0.5) is 10.1 Å². The molecule has 1 N–H and O–H groups in total. The summed E-state index contributed by atoms with van der Waals surface area (Å²) in [5.41, 5.74) is 1.05. The lowest BCUT2D eigenvalue weighted by molar-refractivity contribution is -0.116. The Morgan fingerprint density at radius 1 is 1.17 bits per heavy atom. The fourth-order valence-electron chi connectivity index (χ4n) is 2.86. The number of benzene rings is 2. The van der Waals surface area contributed by atoms with Gasteiger partial charge in [-0.1, -0.05) is 12.1 Å². The maximum absolute atomic E-state index is 13.8. The highest BCUT2D eigenvalue weighted by molar-refractivity contribution is 5.90. The van der Waals surface area contributed by atoms with Gasteiger partial charge < -0.3 is 19.4 Å². The Balaban J connectivity index is 1.44. The van der Waals surface area contributed by atoms with Crippen LogP contribution in [0.2, 0.25) is 0 Å². The maximum Gasteiger partial charge on any atom is 0.224 e. The van der Waals surface area contributed by atoms with Crippen LogP contribution in [0.3, 0.4) is 0 Å². The second-order valence-corrected chi connectivity index (χ2v) is 7.18. The average molecular weight is 411 g/mol. The monoisotopic (exact) mass is 411 g/mol. The van der Waals surface area contributed by atoms with E-state index in [0.29, 0.717) is 35.9 Å². The fraction of sp³-hybridized carbons (Fsp3) is 0.304. The van der Waals surface area contributed by atoms with Crippen LogP contribution in [0.15, 0.2) is 59.1 Å². The highest BCUT2D eigenvalue weighted by atomic mass is 19.1. The molecule has 7 heteroatoms. The van der Waals surface area contributed by atoms with Gasteiger partial charge in [-0.2, -0.15) is 0 Å². The Hall–Kier alpha value is -3.19. The van der Waals surface area contributed by atoms with Gasteiger partial charge in [0.25, 0.3) is 0 Å². The second kappa shape index (κ2) is 10.5. The number of ether oxygens (including phenoxy) is 1. The predicted molar refractivity (Wildman–Crippen MR) is 114 cm³/mol. The molecular weight excluding hydrogens is 385 g/mol. The van der Waals surface area contributed by atoms with Gasteiger partial charge in [0.05, 0.1) is 18.4 Å². The van der Waals surface area contributed by atoms with E-state index >= 15 is 0 Å². The number of anilines is 1. The molecule has 6 nitrogen and oxygen atoms in total. The SMILES string of the molecule is CN(C)CCCOc1ccc(NC(=O)CCc2ncc(-c3ccccc3F)o2)cc1. The Kier molecular flexibility index (Phi) is 7.57. The number of carbonyl (C=O) groups excluding carboxylic acids is 1. The topological polar surface area (TPSA) is 67.6 Å². The molecule has 0 fully saturated rings. The number of oxazole rings is 1. The molecule has 3 aromatic rings. The molecule has 2 aromatic carbocycles. The summed E-state index contributed by atoms with van der Waals surface area (Å²) in [6.45, 7) is 1.62. The van der Waals surface area contributed by atoms with Crippen molar-refractivity contribution in [1.82, 2.24) is 9.88 Å². The number of halogens is 1. The first kappa shape index (κ1) is 21.5. The van der Waals surface area contributed by atoms with Crippen molar-refractivity contribution in [2.45, 2.75) is 19.3 Å². The van der Waals surface area contributed by atoms with Gasteiger partial charge in [0, 0.05) is 25.1 Å². The number of nitrogens with zero attached hydrogens (tertiary/aromatic N) is 2. The number of aromatic nitrogens is 1. The van der Waals surface area contributed by atoms with E-state index in [2.05, 4.69) is 15.2 Å². The minimum absolute atomic E-state index is 0.153. The molecule has 1 aromatic heterocycles. The van der Waals surface area contributed by atoms with E-state index in [-0.39, 0.29) is 18.1 Å². The van der Waals surface area contributed by atoms with Crippen molar-refractivity contribution in [3.05, 3.63) is 66.4 Å². The van der Waals surface area contributed by atoms with E-state index in [1.807, 2.05) is 26.2 Å². The molecule has 0 spiro atoms. The largest absolute Gasteiger partial charge is 0.494 e. The van der Waals surface area contributed by atoms with E-state index in [1.165, 1.54) is 12.3 Å². The summed E-state index contributed by atoms with van der Waals surface area (Å²) in [5, 5.41) is 2.84. The smallest absolute Gasteiger partial charge is 0.224 e. The molecule has 0 saturated heterocycles. The Labute approximate surface area is 175 Å². The number of nitrogens with one attached hydrogen (secondary N) is 1. The number of hydrogen-bond acceptors (Lipinski definition) is 5. The number of hydrogen-bond donors (Lipinski definition) is 1. The zero-order valence-electron chi connectivity index (χ0n) is 17.2. The quantitative estimate of drug-likeness (QED) is 0.502. The minimum atomic E-state index is -0.372. The summed E-state index contributed by atoms with van der Waals surface area (Å²) in [5.74, 6) is 0.991. The molecule has 0 aliphatic heterocycles. The van der Waals surface area contributed by atoms with Crippen LogP contribution in [0.1, 0.15) is 18.7 Å². The lowest BCUT2D eigenvalue weighted by atomic mass is 10.2. The van der Waals surface area contributed by atoms with Crippen molar-refractivity contribution in [2.24, 2.45) is 0 Å². The van der Waals surface area contributed by atoms with Gasteiger partial charge in [0.15, 0.2) is 11.7 Å². The molecule has 0 unspecified atom stereocenters. The zero-order chi connectivity index (χ0) is 21.3. The molecule has 3 rings (SSSR count). The van der Waals surface area contributed by atoms with Gasteiger partial charge in [-0.25, -0.2) is 9.37 Å². The summed E-state index contributed by atoms with van der Waals surface area (Å²) in [4.78, 5) is 18.4. The van der Waals surface area contributed by atoms with Gasteiger partial charge in [0.1, 0.15) is 11.6 Å². The highest BCUT2D eigenvalue weighted by Gasteiger charge is 2.12. The normalized spacial score (nSPS) is 10.9. The molecule has 0 aliphatic rings. The van der Waals surface area contributed by atoms with Gasteiger partial charge in [0.2, 0.25) is 5.91 Å². The molecule has 0 atom stereocenters. The number of aryl methyl sites for hydroxylation is 1. The van der Waals surface area contributed by atoms with Crippen molar-refractivity contribution in [3.63, 3.8) is 0 Å². The van der Waals surface area contributed by atoms with Crippen LogP contribution in [-0.4, -0.2) is 43.0 Å². The summed E-state index contributed by atoms with van der Waals surface area (Å²) < 4.78 is 25.1. The van der Waals surface area contributed by atoms with Crippen molar-refractivity contribution in [1.29, 1.82) is 0 Å². The van der Waals surface area contributed by atoms with Crippen LogP contribution in [0.25, 0.3) is 11.3 Å². The zero-order valence-corrected chi connectivity index (χ0v) is 17.2. The van der Waals surface area contributed by atoms with Gasteiger partial charge >= 0.3 is 0 Å². The average Bonchev–Trinajstić information content (AvgIpc) is 3.20. The van der Waals surface area contributed by atoms with E-state index in [0.717, 1.165) is 18.7 Å². The van der Waals surface area contributed by atoms with Crippen molar-refractivity contribution in [2.75, 3.05) is 32.6 Å². The van der Waals surface area contributed by atoms with Gasteiger partial charge in [-0.05, 0) is 56.9 Å². The highest BCUT2D eigenvalue weighted by Crippen LogP contribution is 2.23. The first-order valence-electron chi connectivity index (χ1n) is 9.88. The third-order valence-electron chi connectivity index (χ3n) is 4.42. The number of rotatable bonds is 10. The summed E-state index contributed by atoms with van der Waals surface area (Å²) >= 11 is 0. The van der Waals surface area contributed by atoms with Crippen LogP contribution in [0.5, 0.6) is 5.75 Å². The third-order valence-corrected chi connectivity index (χ3v) is 4.42. The molecule has 30 heavy (non-hydrogen) atoms. The number of amides is 1. The van der Waals surface area contributed by atoms with Crippen LogP contribution in [-0.2, 0) is 11.2 Å². The van der Waals surface area contributed by atoms with E-state index in [1.54, 1.807) is 30.3 Å². The molecule has 158 valence electrons. The van der Waals surface area contributed by atoms with Crippen LogP contribution >= 0.6 is 0 Å². The van der Waals surface area contributed by atoms with Crippen LogP contribution in [0, 0.1) is 5.82 Å². The van der Waals surface area contributed by atoms with Crippen molar-refractivity contribution in [3.8, 4) is 17.1 Å². The molecule has 0 aliphatic carbocycles. The molecule has 0 radical (unpaired) electrons. The Morgan fingerprint density at radius 3 is 2.67 bits per heavy atom. The van der Waals surface area contributed by atoms with E-state index in [9.17, 15) is 9.18 Å².